The highest BCUT2D eigenvalue weighted by molar-refractivity contribution is 5.51. The summed E-state index contributed by atoms with van der Waals surface area (Å²) in [7, 11) is 0. The van der Waals surface area contributed by atoms with Crippen LogP contribution in [-0.2, 0) is 11.3 Å². The van der Waals surface area contributed by atoms with Gasteiger partial charge >= 0.3 is 0 Å². The zero-order chi connectivity index (χ0) is 16.8. The van der Waals surface area contributed by atoms with Crippen LogP contribution in [0.25, 0.3) is 0 Å². The average molecular weight is 326 g/mol. The Morgan fingerprint density at radius 3 is 2.33 bits per heavy atom. The molecule has 0 N–H and O–H groups in total. The van der Waals surface area contributed by atoms with Gasteiger partial charge in [0.05, 0.1) is 4.92 Å². The van der Waals surface area contributed by atoms with Crippen molar-refractivity contribution in [3.63, 3.8) is 0 Å². The van der Waals surface area contributed by atoms with Gasteiger partial charge in [-0.1, -0.05) is 30.3 Å². The van der Waals surface area contributed by atoms with Crippen molar-refractivity contribution in [1.29, 1.82) is 0 Å². The van der Waals surface area contributed by atoms with Gasteiger partial charge in [0, 0.05) is 44.1 Å². The van der Waals surface area contributed by atoms with Crippen LogP contribution in [0.2, 0.25) is 0 Å². The summed E-state index contributed by atoms with van der Waals surface area (Å²) in [4.78, 5) is 12.8. The van der Waals surface area contributed by atoms with Gasteiger partial charge in [-0.15, -0.1) is 0 Å². The molecule has 0 spiro atoms. The van der Waals surface area contributed by atoms with Gasteiger partial charge in [0.2, 0.25) is 0 Å². The van der Waals surface area contributed by atoms with Crippen LogP contribution in [0.1, 0.15) is 18.4 Å². The molecule has 0 aromatic heterocycles. The molecule has 0 aliphatic carbocycles. The van der Waals surface area contributed by atoms with Crippen LogP contribution in [0.4, 0.5) is 11.4 Å². The standard InChI is InChI=1S/C19H22N2O3/c22-21(23)19-8-6-18(7-9-19)20(14-16-4-2-1-3-5-16)15-17-10-12-24-13-11-17/h1-9,17H,10-15H2. The molecule has 0 atom stereocenters. The monoisotopic (exact) mass is 326 g/mol. The van der Waals surface area contributed by atoms with Crippen LogP contribution in [-0.4, -0.2) is 24.7 Å². The minimum atomic E-state index is -0.357. The van der Waals surface area contributed by atoms with E-state index in [-0.39, 0.29) is 10.6 Å². The molecule has 0 bridgehead atoms. The largest absolute Gasteiger partial charge is 0.381 e. The van der Waals surface area contributed by atoms with Gasteiger partial charge in [0.1, 0.15) is 0 Å². The maximum absolute atomic E-state index is 10.9. The Kier molecular flexibility index (Phi) is 5.43. The molecule has 1 aliphatic rings. The Morgan fingerprint density at radius 1 is 1.04 bits per heavy atom. The first-order chi connectivity index (χ1) is 11.7. The highest BCUT2D eigenvalue weighted by Gasteiger charge is 2.19. The van der Waals surface area contributed by atoms with Crippen LogP contribution in [0.3, 0.4) is 0 Å². The van der Waals surface area contributed by atoms with E-state index in [0.717, 1.165) is 44.8 Å². The molecule has 1 fully saturated rings. The molecule has 3 rings (SSSR count). The number of rotatable bonds is 6. The van der Waals surface area contributed by atoms with Crippen molar-refractivity contribution >= 4 is 11.4 Å². The summed E-state index contributed by atoms with van der Waals surface area (Å²) in [5.74, 6) is 0.595. The lowest BCUT2D eigenvalue weighted by Crippen LogP contribution is -2.32. The summed E-state index contributed by atoms with van der Waals surface area (Å²) in [6.45, 7) is 3.39. The first-order valence-electron chi connectivity index (χ1n) is 8.33. The molecule has 0 amide bonds. The van der Waals surface area contributed by atoms with E-state index in [4.69, 9.17) is 4.74 Å². The fraction of sp³-hybridized carbons (Fsp3) is 0.368. The highest BCUT2D eigenvalue weighted by Crippen LogP contribution is 2.25. The number of nitro groups is 1. The van der Waals surface area contributed by atoms with E-state index < -0.39 is 0 Å². The van der Waals surface area contributed by atoms with E-state index >= 15 is 0 Å². The average Bonchev–Trinajstić information content (AvgIpc) is 2.63. The van der Waals surface area contributed by atoms with Crippen molar-refractivity contribution < 1.29 is 9.66 Å². The van der Waals surface area contributed by atoms with Crippen LogP contribution < -0.4 is 4.90 Å². The SMILES string of the molecule is O=[N+]([O-])c1ccc(N(Cc2ccccc2)CC2CCOCC2)cc1. The van der Waals surface area contributed by atoms with E-state index in [1.807, 2.05) is 30.3 Å². The van der Waals surface area contributed by atoms with Crippen molar-refractivity contribution in [3.8, 4) is 0 Å². The summed E-state index contributed by atoms with van der Waals surface area (Å²) >= 11 is 0. The van der Waals surface area contributed by atoms with Gasteiger partial charge in [-0.2, -0.15) is 0 Å². The first-order valence-corrected chi connectivity index (χ1v) is 8.33. The fourth-order valence-corrected chi connectivity index (χ4v) is 3.09. The lowest BCUT2D eigenvalue weighted by molar-refractivity contribution is -0.384. The van der Waals surface area contributed by atoms with Crippen molar-refractivity contribution in [2.24, 2.45) is 5.92 Å². The number of hydrogen-bond donors (Lipinski definition) is 0. The molecule has 0 saturated carbocycles. The minimum absolute atomic E-state index is 0.129. The fourth-order valence-electron chi connectivity index (χ4n) is 3.09. The summed E-state index contributed by atoms with van der Waals surface area (Å²) in [5.41, 5.74) is 2.39. The Balaban J connectivity index is 1.78. The maximum Gasteiger partial charge on any atom is 0.269 e. The number of benzene rings is 2. The summed E-state index contributed by atoms with van der Waals surface area (Å²) < 4.78 is 5.45. The summed E-state index contributed by atoms with van der Waals surface area (Å²) in [6, 6.07) is 17.2. The molecule has 1 heterocycles. The molecular formula is C19H22N2O3. The predicted octanol–water partition coefficient (Wildman–Crippen LogP) is 4.03. The molecule has 0 unspecified atom stereocenters. The van der Waals surface area contributed by atoms with Crippen LogP contribution in [0, 0.1) is 16.0 Å². The van der Waals surface area contributed by atoms with E-state index in [2.05, 4.69) is 17.0 Å². The topological polar surface area (TPSA) is 55.6 Å². The van der Waals surface area contributed by atoms with Gasteiger partial charge in [-0.25, -0.2) is 0 Å². The quantitative estimate of drug-likeness (QED) is 0.594. The lowest BCUT2D eigenvalue weighted by Gasteiger charge is -2.31. The smallest absolute Gasteiger partial charge is 0.269 e. The molecule has 24 heavy (non-hydrogen) atoms. The summed E-state index contributed by atoms with van der Waals surface area (Å²) in [5, 5.41) is 10.9. The van der Waals surface area contributed by atoms with Gasteiger partial charge in [-0.05, 0) is 36.5 Å². The van der Waals surface area contributed by atoms with E-state index in [1.54, 1.807) is 12.1 Å². The van der Waals surface area contributed by atoms with E-state index in [9.17, 15) is 10.1 Å². The third-order valence-corrected chi connectivity index (χ3v) is 4.46. The van der Waals surface area contributed by atoms with Crippen LogP contribution in [0.5, 0.6) is 0 Å². The molecule has 5 nitrogen and oxygen atoms in total. The second-order valence-corrected chi connectivity index (χ2v) is 6.20. The van der Waals surface area contributed by atoms with Crippen LogP contribution in [0.15, 0.2) is 54.6 Å². The Hall–Kier alpha value is -2.40. The normalized spacial score (nSPS) is 15.2. The van der Waals surface area contributed by atoms with Gasteiger partial charge in [0.15, 0.2) is 0 Å². The molecule has 5 heteroatoms. The molecule has 126 valence electrons. The Bertz CT molecular complexity index is 652. The lowest BCUT2D eigenvalue weighted by atomic mass is 9.99. The van der Waals surface area contributed by atoms with Crippen molar-refractivity contribution in [2.75, 3.05) is 24.7 Å². The molecular weight excluding hydrogens is 304 g/mol. The Labute approximate surface area is 142 Å². The van der Waals surface area contributed by atoms with Gasteiger partial charge in [-0.3, -0.25) is 10.1 Å². The number of hydrogen-bond acceptors (Lipinski definition) is 4. The molecule has 1 aliphatic heterocycles. The first kappa shape index (κ1) is 16.5. The summed E-state index contributed by atoms with van der Waals surface area (Å²) in [6.07, 6.45) is 2.14. The van der Waals surface area contributed by atoms with Gasteiger partial charge < -0.3 is 9.64 Å². The molecule has 0 radical (unpaired) electrons. The molecule has 1 saturated heterocycles. The third-order valence-electron chi connectivity index (χ3n) is 4.46. The maximum atomic E-state index is 10.9. The van der Waals surface area contributed by atoms with Crippen molar-refractivity contribution in [3.05, 3.63) is 70.3 Å². The second kappa shape index (κ2) is 7.93. The third kappa shape index (κ3) is 4.32. The highest BCUT2D eigenvalue weighted by atomic mass is 16.6. The van der Waals surface area contributed by atoms with E-state index in [0.29, 0.717) is 5.92 Å². The van der Waals surface area contributed by atoms with E-state index in [1.165, 1.54) is 5.56 Å². The Morgan fingerprint density at radius 2 is 1.71 bits per heavy atom. The molecule has 2 aromatic carbocycles. The minimum Gasteiger partial charge on any atom is -0.381 e. The van der Waals surface area contributed by atoms with Crippen molar-refractivity contribution in [1.82, 2.24) is 0 Å². The number of ether oxygens (including phenoxy) is 1. The van der Waals surface area contributed by atoms with Crippen LogP contribution >= 0.6 is 0 Å². The van der Waals surface area contributed by atoms with Crippen molar-refractivity contribution in [2.45, 2.75) is 19.4 Å². The zero-order valence-electron chi connectivity index (χ0n) is 13.6. The molecule has 2 aromatic rings. The number of non-ortho nitro benzene ring substituents is 1. The zero-order valence-corrected chi connectivity index (χ0v) is 13.6. The number of nitro benzene ring substituents is 1. The second-order valence-electron chi connectivity index (χ2n) is 6.20. The van der Waals surface area contributed by atoms with Gasteiger partial charge in [0.25, 0.3) is 5.69 Å². The number of anilines is 1. The number of nitrogens with zero attached hydrogens (tertiary/aromatic N) is 2. The predicted molar refractivity (Wildman–Crippen MR) is 94.1 cm³/mol.